The van der Waals surface area contributed by atoms with Crippen LogP contribution < -0.4 is 0 Å². The van der Waals surface area contributed by atoms with Gasteiger partial charge in [0.1, 0.15) is 0 Å². The summed E-state index contributed by atoms with van der Waals surface area (Å²) in [5.41, 5.74) is 0.862. The van der Waals surface area contributed by atoms with Crippen LogP contribution in [0.15, 0.2) is 30.3 Å². The molecule has 0 fully saturated rings. The van der Waals surface area contributed by atoms with Crippen LogP contribution in [0.5, 0.6) is 11.5 Å². The summed E-state index contributed by atoms with van der Waals surface area (Å²) in [6, 6.07) is 8.89. The second-order valence-corrected chi connectivity index (χ2v) is 4.85. The minimum absolute atomic E-state index is 0.0930. The molecule has 2 nitrogen and oxygen atoms in total. The third kappa shape index (κ3) is 2.44. The highest BCUT2D eigenvalue weighted by Gasteiger charge is 1.98. The van der Waals surface area contributed by atoms with Gasteiger partial charge in [0.15, 0.2) is 11.5 Å². The van der Waals surface area contributed by atoms with Gasteiger partial charge in [-0.15, -0.1) is 11.3 Å². The van der Waals surface area contributed by atoms with E-state index in [1.807, 2.05) is 12.2 Å². The molecule has 0 unspecified atom stereocenters. The maximum absolute atomic E-state index is 9.32. The van der Waals surface area contributed by atoms with Crippen molar-refractivity contribution in [3.8, 4) is 11.5 Å². The zero-order valence-corrected chi connectivity index (χ0v) is 9.66. The number of rotatable bonds is 2. The van der Waals surface area contributed by atoms with Gasteiger partial charge in [-0.05, 0) is 42.8 Å². The fourth-order valence-electron chi connectivity index (χ4n) is 1.37. The second kappa shape index (κ2) is 4.41. The van der Waals surface area contributed by atoms with Gasteiger partial charge in [0, 0.05) is 9.75 Å². The van der Waals surface area contributed by atoms with Gasteiger partial charge < -0.3 is 10.2 Å². The normalized spacial score (nSPS) is 11.1. The van der Waals surface area contributed by atoms with Crippen molar-refractivity contribution in [1.29, 1.82) is 0 Å². The first kappa shape index (κ1) is 10.8. The molecule has 0 aliphatic carbocycles. The summed E-state index contributed by atoms with van der Waals surface area (Å²) in [6.45, 7) is 2.06. The first-order valence-corrected chi connectivity index (χ1v) is 5.73. The Kier molecular flexibility index (Phi) is 2.97. The zero-order chi connectivity index (χ0) is 11.5. The van der Waals surface area contributed by atoms with Crippen molar-refractivity contribution in [2.75, 3.05) is 0 Å². The van der Waals surface area contributed by atoms with E-state index in [4.69, 9.17) is 5.11 Å². The predicted octanol–water partition coefficient (Wildman–Crippen LogP) is 3.64. The minimum Gasteiger partial charge on any atom is -0.504 e. The number of thiophene rings is 1. The highest BCUT2D eigenvalue weighted by atomic mass is 32.1. The first-order valence-electron chi connectivity index (χ1n) is 4.91. The van der Waals surface area contributed by atoms with Crippen LogP contribution in [0.4, 0.5) is 0 Å². The lowest BCUT2D eigenvalue weighted by Crippen LogP contribution is -1.72. The molecule has 0 saturated carbocycles. The lowest BCUT2D eigenvalue weighted by molar-refractivity contribution is 0.403. The number of benzene rings is 1. The fourth-order valence-corrected chi connectivity index (χ4v) is 2.15. The van der Waals surface area contributed by atoms with E-state index in [2.05, 4.69) is 19.1 Å². The van der Waals surface area contributed by atoms with Crippen molar-refractivity contribution in [3.63, 3.8) is 0 Å². The smallest absolute Gasteiger partial charge is 0.157 e. The van der Waals surface area contributed by atoms with Gasteiger partial charge in [0.25, 0.3) is 0 Å². The summed E-state index contributed by atoms with van der Waals surface area (Å²) in [5, 5.41) is 18.5. The van der Waals surface area contributed by atoms with Gasteiger partial charge >= 0.3 is 0 Å². The third-order valence-corrected chi connectivity index (χ3v) is 3.17. The molecular formula is C13H12O2S. The molecule has 2 aromatic rings. The Morgan fingerprint density at radius 2 is 1.81 bits per heavy atom. The Hall–Kier alpha value is -1.74. The van der Waals surface area contributed by atoms with Crippen molar-refractivity contribution in [3.05, 3.63) is 45.6 Å². The molecule has 1 aromatic carbocycles. The lowest BCUT2D eigenvalue weighted by atomic mass is 10.2. The standard InChI is InChI=1S/C13H12O2S/c1-9-2-5-11(16-9)6-3-10-4-7-12(14)13(15)8-10/h2-8,14-15H,1H3. The predicted molar refractivity (Wildman–Crippen MR) is 67.8 cm³/mol. The molecule has 0 saturated heterocycles. The van der Waals surface area contributed by atoms with E-state index >= 15 is 0 Å². The quantitative estimate of drug-likeness (QED) is 0.776. The first-order chi connectivity index (χ1) is 7.65. The molecule has 0 bridgehead atoms. The Balaban J connectivity index is 2.20. The monoisotopic (exact) mass is 232 g/mol. The maximum atomic E-state index is 9.32. The number of phenols is 2. The SMILES string of the molecule is Cc1ccc(C=Cc2ccc(O)c(O)c2)s1. The van der Waals surface area contributed by atoms with Crippen LogP contribution in [0.1, 0.15) is 15.3 Å². The topological polar surface area (TPSA) is 40.5 Å². The van der Waals surface area contributed by atoms with Gasteiger partial charge in [-0.25, -0.2) is 0 Å². The van der Waals surface area contributed by atoms with Crippen LogP contribution in [0, 0.1) is 6.92 Å². The molecule has 0 spiro atoms. The number of aromatic hydroxyl groups is 2. The van der Waals surface area contributed by atoms with Crippen LogP contribution in [0.25, 0.3) is 12.2 Å². The molecule has 2 N–H and O–H groups in total. The molecule has 16 heavy (non-hydrogen) atoms. The van der Waals surface area contributed by atoms with Crippen LogP contribution in [0.2, 0.25) is 0 Å². The average Bonchev–Trinajstić information content (AvgIpc) is 2.66. The van der Waals surface area contributed by atoms with Crippen molar-refractivity contribution in [1.82, 2.24) is 0 Å². The zero-order valence-electron chi connectivity index (χ0n) is 8.84. The van der Waals surface area contributed by atoms with Gasteiger partial charge in [0.05, 0.1) is 0 Å². The molecule has 0 aliphatic rings. The van der Waals surface area contributed by atoms with Crippen LogP contribution in [-0.2, 0) is 0 Å². The van der Waals surface area contributed by atoms with Crippen molar-refractivity contribution in [2.45, 2.75) is 6.92 Å². The number of phenolic OH excluding ortho intramolecular Hbond substituents is 2. The molecule has 0 atom stereocenters. The molecule has 2 rings (SSSR count). The lowest BCUT2D eigenvalue weighted by Gasteiger charge is -1.97. The summed E-state index contributed by atoms with van der Waals surface area (Å²) >= 11 is 1.72. The largest absolute Gasteiger partial charge is 0.504 e. The van der Waals surface area contributed by atoms with E-state index in [0.29, 0.717) is 0 Å². The average molecular weight is 232 g/mol. The van der Waals surface area contributed by atoms with Gasteiger partial charge in [-0.1, -0.05) is 12.1 Å². The Labute approximate surface area is 98.1 Å². The van der Waals surface area contributed by atoms with E-state index in [-0.39, 0.29) is 11.5 Å². The van der Waals surface area contributed by atoms with Crippen LogP contribution in [-0.4, -0.2) is 10.2 Å². The fraction of sp³-hybridized carbons (Fsp3) is 0.0769. The Morgan fingerprint density at radius 3 is 2.44 bits per heavy atom. The van der Waals surface area contributed by atoms with Crippen molar-refractivity contribution in [2.24, 2.45) is 0 Å². The third-order valence-electron chi connectivity index (χ3n) is 2.20. The maximum Gasteiger partial charge on any atom is 0.157 e. The van der Waals surface area contributed by atoms with Crippen LogP contribution in [0.3, 0.4) is 0 Å². The molecule has 0 aliphatic heterocycles. The molecule has 82 valence electrons. The van der Waals surface area contributed by atoms with E-state index in [9.17, 15) is 5.11 Å². The number of hydrogen-bond donors (Lipinski definition) is 2. The summed E-state index contributed by atoms with van der Waals surface area (Å²) in [4.78, 5) is 2.44. The van der Waals surface area contributed by atoms with E-state index in [0.717, 1.165) is 5.56 Å². The summed E-state index contributed by atoms with van der Waals surface area (Å²) in [6.07, 6.45) is 3.90. The molecule has 0 amide bonds. The summed E-state index contributed by atoms with van der Waals surface area (Å²) in [5.74, 6) is -0.186. The summed E-state index contributed by atoms with van der Waals surface area (Å²) < 4.78 is 0. The van der Waals surface area contributed by atoms with Gasteiger partial charge in [-0.2, -0.15) is 0 Å². The Morgan fingerprint density at radius 1 is 1.00 bits per heavy atom. The molecule has 1 heterocycles. The minimum atomic E-state index is -0.0934. The summed E-state index contributed by atoms with van der Waals surface area (Å²) in [7, 11) is 0. The van der Waals surface area contributed by atoms with Crippen molar-refractivity contribution < 1.29 is 10.2 Å². The highest BCUT2D eigenvalue weighted by Crippen LogP contribution is 2.26. The highest BCUT2D eigenvalue weighted by molar-refractivity contribution is 7.12. The Bertz CT molecular complexity index is 526. The molecule has 3 heteroatoms. The van der Waals surface area contributed by atoms with Crippen molar-refractivity contribution >= 4 is 23.5 Å². The molecular weight excluding hydrogens is 220 g/mol. The second-order valence-electron chi connectivity index (χ2n) is 3.53. The van der Waals surface area contributed by atoms with E-state index in [1.54, 1.807) is 17.4 Å². The molecule has 1 aromatic heterocycles. The number of aryl methyl sites for hydroxylation is 1. The molecule has 0 radical (unpaired) electrons. The van der Waals surface area contributed by atoms with E-state index < -0.39 is 0 Å². The number of hydrogen-bond acceptors (Lipinski definition) is 3. The van der Waals surface area contributed by atoms with Gasteiger partial charge in [0.2, 0.25) is 0 Å². The van der Waals surface area contributed by atoms with E-state index in [1.165, 1.54) is 21.9 Å². The van der Waals surface area contributed by atoms with Gasteiger partial charge in [-0.3, -0.25) is 0 Å². The van der Waals surface area contributed by atoms with Crippen LogP contribution >= 0.6 is 11.3 Å².